The number of likely N-dealkylation sites (tertiary alicyclic amines) is 1. The van der Waals surface area contributed by atoms with Gasteiger partial charge in [-0.3, -0.25) is 9.78 Å². The van der Waals surface area contributed by atoms with Crippen molar-refractivity contribution in [2.45, 2.75) is 12.5 Å². The summed E-state index contributed by atoms with van der Waals surface area (Å²) < 4.78 is 7.94. The maximum absolute atomic E-state index is 12.7. The Morgan fingerprint density at radius 3 is 2.48 bits per heavy atom. The van der Waals surface area contributed by atoms with Gasteiger partial charge in [0.2, 0.25) is 0 Å². The van der Waals surface area contributed by atoms with Crippen LogP contribution in [0.1, 0.15) is 16.8 Å². The first kappa shape index (κ1) is 15.4. The van der Waals surface area contributed by atoms with E-state index < -0.39 is 0 Å². The van der Waals surface area contributed by atoms with E-state index >= 15 is 0 Å². The minimum Gasteiger partial charge on any atom is -0.488 e. The van der Waals surface area contributed by atoms with Gasteiger partial charge in [0.05, 0.1) is 6.54 Å². The third-order valence-corrected chi connectivity index (χ3v) is 4.40. The average molecular weight is 333 g/mol. The second kappa shape index (κ2) is 6.81. The molecule has 0 unspecified atom stereocenters. The van der Waals surface area contributed by atoms with Crippen molar-refractivity contribution < 1.29 is 9.53 Å². The molecule has 3 heterocycles. The van der Waals surface area contributed by atoms with Crippen molar-refractivity contribution in [3.8, 4) is 11.4 Å². The number of rotatable bonds is 4. The van der Waals surface area contributed by atoms with Crippen LogP contribution in [0.25, 0.3) is 5.69 Å². The molecule has 25 heavy (non-hydrogen) atoms. The van der Waals surface area contributed by atoms with E-state index in [4.69, 9.17) is 4.74 Å². The van der Waals surface area contributed by atoms with Gasteiger partial charge in [-0.2, -0.15) is 0 Å². The first-order chi connectivity index (χ1) is 12.3. The van der Waals surface area contributed by atoms with Crippen molar-refractivity contribution in [2.75, 3.05) is 13.1 Å². The third kappa shape index (κ3) is 3.40. The second-order valence-electron chi connectivity index (χ2n) is 6.10. The molecule has 0 N–H and O–H groups in total. The van der Waals surface area contributed by atoms with Gasteiger partial charge in [0, 0.05) is 49.0 Å². The van der Waals surface area contributed by atoms with Crippen molar-refractivity contribution >= 4 is 5.91 Å². The number of hydrogen-bond donors (Lipinski definition) is 0. The maximum Gasteiger partial charge on any atom is 0.253 e. The molecule has 1 aliphatic rings. The van der Waals surface area contributed by atoms with Gasteiger partial charge >= 0.3 is 0 Å². The fraction of sp³-hybridized carbons (Fsp3) is 0.200. The zero-order valence-corrected chi connectivity index (χ0v) is 13.8. The lowest BCUT2D eigenvalue weighted by atomic mass is 10.2. The number of carbonyl (C=O) groups excluding carboxylic acids is 1. The summed E-state index contributed by atoms with van der Waals surface area (Å²) in [5.41, 5.74) is 1.75. The van der Waals surface area contributed by atoms with Crippen LogP contribution in [0.3, 0.4) is 0 Å². The van der Waals surface area contributed by atoms with Crippen LogP contribution >= 0.6 is 0 Å². The van der Waals surface area contributed by atoms with E-state index in [9.17, 15) is 4.79 Å². The molecule has 0 bridgehead atoms. The monoisotopic (exact) mass is 333 g/mol. The molecule has 3 aromatic rings. The van der Waals surface area contributed by atoms with E-state index in [1.165, 1.54) is 0 Å². The molecule has 1 amide bonds. The van der Waals surface area contributed by atoms with Crippen LogP contribution < -0.4 is 4.74 Å². The van der Waals surface area contributed by atoms with Gasteiger partial charge < -0.3 is 14.2 Å². The van der Waals surface area contributed by atoms with E-state index in [1.54, 1.807) is 12.4 Å². The highest BCUT2D eigenvalue weighted by Crippen LogP contribution is 2.20. The molecule has 1 aliphatic heterocycles. The molecule has 0 spiro atoms. The molecule has 1 atom stereocenters. The van der Waals surface area contributed by atoms with Crippen molar-refractivity contribution in [2.24, 2.45) is 0 Å². The van der Waals surface area contributed by atoms with Gasteiger partial charge in [0.25, 0.3) is 5.91 Å². The number of carbonyl (C=O) groups is 1. The summed E-state index contributed by atoms with van der Waals surface area (Å²) in [6, 6.07) is 15.3. The Labute approximate surface area is 146 Å². The minimum atomic E-state index is 0.0329. The molecule has 1 fully saturated rings. The van der Waals surface area contributed by atoms with E-state index in [1.807, 2.05) is 70.4 Å². The minimum absolute atomic E-state index is 0.0329. The molecule has 4 rings (SSSR count). The van der Waals surface area contributed by atoms with Crippen LogP contribution in [0.5, 0.6) is 5.75 Å². The highest BCUT2D eigenvalue weighted by molar-refractivity contribution is 5.94. The molecule has 0 aliphatic carbocycles. The largest absolute Gasteiger partial charge is 0.488 e. The number of hydrogen-bond acceptors (Lipinski definition) is 3. The Morgan fingerprint density at radius 1 is 1.04 bits per heavy atom. The number of nitrogens with zero attached hydrogens (tertiary/aromatic N) is 3. The van der Waals surface area contributed by atoms with Gasteiger partial charge in [0.15, 0.2) is 0 Å². The van der Waals surface area contributed by atoms with Gasteiger partial charge in [0.1, 0.15) is 11.9 Å². The van der Waals surface area contributed by atoms with Crippen LogP contribution in [-0.2, 0) is 0 Å². The molecule has 2 aromatic heterocycles. The molecule has 1 saturated heterocycles. The number of pyridine rings is 1. The van der Waals surface area contributed by atoms with E-state index in [2.05, 4.69) is 4.98 Å². The lowest BCUT2D eigenvalue weighted by molar-refractivity contribution is 0.0772. The molecule has 1 aromatic carbocycles. The molecule has 5 nitrogen and oxygen atoms in total. The smallest absolute Gasteiger partial charge is 0.253 e. The summed E-state index contributed by atoms with van der Waals surface area (Å²) in [4.78, 5) is 18.5. The summed E-state index contributed by atoms with van der Waals surface area (Å²) in [6.07, 6.45) is 8.26. The fourth-order valence-electron chi connectivity index (χ4n) is 3.08. The van der Waals surface area contributed by atoms with E-state index in [0.717, 1.165) is 17.9 Å². The van der Waals surface area contributed by atoms with Gasteiger partial charge in [-0.1, -0.05) is 0 Å². The summed E-state index contributed by atoms with van der Waals surface area (Å²) in [5.74, 6) is 0.852. The highest BCUT2D eigenvalue weighted by Gasteiger charge is 2.28. The standard InChI is InChI=1S/C20H19N3O2/c24-20(16-3-5-17(6-4-16)22-12-1-2-13-22)23-14-9-19(15-23)25-18-7-10-21-11-8-18/h1-8,10-13,19H,9,14-15H2/t19-/m1/s1. The average Bonchev–Trinajstić information content (AvgIpc) is 3.34. The van der Waals surface area contributed by atoms with Crippen molar-refractivity contribution in [3.05, 3.63) is 78.9 Å². The number of benzene rings is 1. The van der Waals surface area contributed by atoms with Gasteiger partial charge in [-0.15, -0.1) is 0 Å². The Balaban J connectivity index is 1.40. The summed E-state index contributed by atoms with van der Waals surface area (Å²) in [6.45, 7) is 1.33. The zero-order valence-electron chi connectivity index (χ0n) is 13.8. The van der Waals surface area contributed by atoms with Crippen LogP contribution in [0.4, 0.5) is 0 Å². The molecule has 0 radical (unpaired) electrons. The molecular weight excluding hydrogens is 314 g/mol. The Morgan fingerprint density at radius 2 is 1.76 bits per heavy atom. The first-order valence-electron chi connectivity index (χ1n) is 8.39. The summed E-state index contributed by atoms with van der Waals surface area (Å²) >= 11 is 0. The molecule has 0 saturated carbocycles. The SMILES string of the molecule is O=C(c1ccc(-n2cccc2)cc1)N1CC[C@@H](Oc2ccncc2)C1. The first-order valence-corrected chi connectivity index (χ1v) is 8.39. The number of ether oxygens (including phenoxy) is 1. The third-order valence-electron chi connectivity index (χ3n) is 4.40. The van der Waals surface area contributed by atoms with Crippen LogP contribution in [-0.4, -0.2) is 39.6 Å². The lowest BCUT2D eigenvalue weighted by Crippen LogP contribution is -2.30. The second-order valence-corrected chi connectivity index (χ2v) is 6.10. The molecule has 126 valence electrons. The maximum atomic E-state index is 12.7. The molecule has 5 heteroatoms. The Bertz CT molecular complexity index is 829. The quantitative estimate of drug-likeness (QED) is 0.737. The van der Waals surface area contributed by atoms with Gasteiger partial charge in [-0.05, 0) is 48.5 Å². The van der Waals surface area contributed by atoms with Crippen molar-refractivity contribution in [1.29, 1.82) is 0 Å². The Kier molecular flexibility index (Phi) is 4.21. The molecular formula is C20H19N3O2. The predicted molar refractivity (Wildman–Crippen MR) is 94.9 cm³/mol. The Hall–Kier alpha value is -3.08. The normalized spacial score (nSPS) is 16.8. The van der Waals surface area contributed by atoms with E-state index in [0.29, 0.717) is 18.7 Å². The number of amides is 1. The number of aromatic nitrogens is 2. The summed E-state index contributed by atoms with van der Waals surface area (Å²) in [7, 11) is 0. The highest BCUT2D eigenvalue weighted by atomic mass is 16.5. The topological polar surface area (TPSA) is 47.4 Å². The van der Waals surface area contributed by atoms with Crippen molar-refractivity contribution in [1.82, 2.24) is 14.5 Å². The zero-order chi connectivity index (χ0) is 17.1. The fourth-order valence-corrected chi connectivity index (χ4v) is 3.08. The van der Waals surface area contributed by atoms with Crippen LogP contribution in [0.2, 0.25) is 0 Å². The van der Waals surface area contributed by atoms with Gasteiger partial charge in [-0.25, -0.2) is 0 Å². The lowest BCUT2D eigenvalue weighted by Gasteiger charge is -2.17. The van der Waals surface area contributed by atoms with Crippen LogP contribution in [0.15, 0.2) is 73.3 Å². The predicted octanol–water partition coefficient (Wildman–Crippen LogP) is 3.17. The van der Waals surface area contributed by atoms with Crippen molar-refractivity contribution in [3.63, 3.8) is 0 Å². The van der Waals surface area contributed by atoms with Crippen LogP contribution in [0, 0.1) is 0 Å². The summed E-state index contributed by atoms with van der Waals surface area (Å²) in [5, 5.41) is 0. The van der Waals surface area contributed by atoms with E-state index in [-0.39, 0.29) is 12.0 Å².